The number of benzene rings is 1. The number of aromatic nitrogens is 2. The first kappa shape index (κ1) is 15.2. The van der Waals surface area contributed by atoms with Gasteiger partial charge < -0.3 is 5.32 Å². The molecule has 112 valence electrons. The van der Waals surface area contributed by atoms with Gasteiger partial charge in [-0.1, -0.05) is 26.0 Å². The standard InChI is InChI=1S/C16H20FN3O/c1-3-15(13-5-7-14(17)8-6-13)19-16(21)12(2)11-20-10-4-9-18-20/h4-10,12,15H,3,11H2,1-2H3,(H,19,21)/t12-,15-/m1/s1. The number of rotatable bonds is 6. The molecule has 0 aliphatic carbocycles. The van der Waals surface area contributed by atoms with Gasteiger partial charge in [-0.05, 0) is 30.2 Å². The highest BCUT2D eigenvalue weighted by Gasteiger charge is 2.18. The summed E-state index contributed by atoms with van der Waals surface area (Å²) in [5.74, 6) is -0.479. The molecule has 4 nitrogen and oxygen atoms in total. The van der Waals surface area contributed by atoms with Crippen molar-refractivity contribution >= 4 is 5.91 Å². The Kier molecular flexibility index (Phi) is 5.09. The molecule has 0 radical (unpaired) electrons. The predicted molar refractivity (Wildman–Crippen MR) is 79.0 cm³/mol. The molecule has 0 saturated carbocycles. The first-order valence-electron chi connectivity index (χ1n) is 7.13. The van der Waals surface area contributed by atoms with Crippen molar-refractivity contribution in [3.8, 4) is 0 Å². The second kappa shape index (κ2) is 7.02. The fourth-order valence-corrected chi connectivity index (χ4v) is 2.20. The molecule has 0 fully saturated rings. The monoisotopic (exact) mass is 289 g/mol. The van der Waals surface area contributed by atoms with Crippen molar-refractivity contribution in [2.75, 3.05) is 0 Å². The van der Waals surface area contributed by atoms with Crippen molar-refractivity contribution in [3.63, 3.8) is 0 Å². The van der Waals surface area contributed by atoms with Crippen LogP contribution < -0.4 is 5.32 Å². The largest absolute Gasteiger partial charge is 0.349 e. The molecule has 0 spiro atoms. The molecule has 1 aromatic heterocycles. The predicted octanol–water partition coefficient (Wildman–Crippen LogP) is 2.93. The maximum absolute atomic E-state index is 13.0. The average Bonchev–Trinajstić information content (AvgIpc) is 2.98. The molecule has 0 aliphatic rings. The zero-order chi connectivity index (χ0) is 15.2. The molecule has 0 bridgehead atoms. The van der Waals surface area contributed by atoms with Crippen LogP contribution in [0.2, 0.25) is 0 Å². The van der Waals surface area contributed by atoms with Crippen LogP contribution in [0.4, 0.5) is 4.39 Å². The zero-order valence-corrected chi connectivity index (χ0v) is 12.3. The fourth-order valence-electron chi connectivity index (χ4n) is 2.20. The van der Waals surface area contributed by atoms with Crippen molar-refractivity contribution in [2.24, 2.45) is 5.92 Å². The summed E-state index contributed by atoms with van der Waals surface area (Å²) in [7, 11) is 0. The molecule has 21 heavy (non-hydrogen) atoms. The summed E-state index contributed by atoms with van der Waals surface area (Å²) in [6.45, 7) is 4.40. The summed E-state index contributed by atoms with van der Waals surface area (Å²) in [5.41, 5.74) is 0.915. The van der Waals surface area contributed by atoms with E-state index in [2.05, 4.69) is 10.4 Å². The van der Waals surface area contributed by atoms with Gasteiger partial charge in [0.05, 0.1) is 18.5 Å². The van der Waals surface area contributed by atoms with Crippen LogP contribution in [0.1, 0.15) is 31.9 Å². The molecular formula is C16H20FN3O. The highest BCUT2D eigenvalue weighted by molar-refractivity contribution is 5.78. The van der Waals surface area contributed by atoms with Crippen molar-refractivity contribution in [3.05, 3.63) is 54.1 Å². The topological polar surface area (TPSA) is 46.9 Å². The number of nitrogens with one attached hydrogen (secondary N) is 1. The zero-order valence-electron chi connectivity index (χ0n) is 12.3. The molecule has 0 unspecified atom stereocenters. The van der Waals surface area contributed by atoms with E-state index in [4.69, 9.17) is 0 Å². The maximum Gasteiger partial charge on any atom is 0.225 e. The van der Waals surface area contributed by atoms with E-state index in [9.17, 15) is 9.18 Å². The Morgan fingerprint density at radius 3 is 2.67 bits per heavy atom. The van der Waals surface area contributed by atoms with Gasteiger partial charge in [-0.2, -0.15) is 5.10 Å². The van der Waals surface area contributed by atoms with Crippen LogP contribution >= 0.6 is 0 Å². The Labute approximate surface area is 124 Å². The van der Waals surface area contributed by atoms with Gasteiger partial charge in [0.15, 0.2) is 0 Å². The molecule has 1 heterocycles. The van der Waals surface area contributed by atoms with E-state index in [1.165, 1.54) is 12.1 Å². The minimum absolute atomic E-state index is 0.0262. The van der Waals surface area contributed by atoms with Crippen molar-refractivity contribution in [1.82, 2.24) is 15.1 Å². The van der Waals surface area contributed by atoms with Gasteiger partial charge in [0.1, 0.15) is 5.82 Å². The molecule has 1 aromatic carbocycles. The lowest BCUT2D eigenvalue weighted by molar-refractivity contribution is -0.125. The molecule has 0 saturated heterocycles. The molecule has 2 rings (SSSR count). The summed E-state index contributed by atoms with van der Waals surface area (Å²) >= 11 is 0. The number of nitrogens with zero attached hydrogens (tertiary/aromatic N) is 2. The highest BCUT2D eigenvalue weighted by Crippen LogP contribution is 2.17. The van der Waals surface area contributed by atoms with Gasteiger partial charge in [0, 0.05) is 12.4 Å². The van der Waals surface area contributed by atoms with E-state index < -0.39 is 0 Å². The van der Waals surface area contributed by atoms with Crippen LogP contribution in [-0.2, 0) is 11.3 Å². The first-order chi connectivity index (χ1) is 10.1. The second-order valence-corrected chi connectivity index (χ2v) is 5.15. The van der Waals surface area contributed by atoms with Crippen LogP contribution in [0.25, 0.3) is 0 Å². The SMILES string of the molecule is CC[C@@H](NC(=O)[C@H](C)Cn1cccn1)c1ccc(F)cc1. The van der Waals surface area contributed by atoms with Crippen LogP contribution in [-0.4, -0.2) is 15.7 Å². The van der Waals surface area contributed by atoms with E-state index >= 15 is 0 Å². The van der Waals surface area contributed by atoms with E-state index in [1.54, 1.807) is 23.0 Å². The van der Waals surface area contributed by atoms with Crippen molar-refractivity contribution in [1.29, 1.82) is 0 Å². The number of amides is 1. The molecule has 2 atom stereocenters. The number of hydrogen-bond donors (Lipinski definition) is 1. The third-order valence-electron chi connectivity index (χ3n) is 3.46. The molecule has 1 amide bonds. The Morgan fingerprint density at radius 1 is 1.38 bits per heavy atom. The van der Waals surface area contributed by atoms with Gasteiger partial charge >= 0.3 is 0 Å². The van der Waals surface area contributed by atoms with Crippen LogP contribution in [0, 0.1) is 11.7 Å². The Morgan fingerprint density at radius 2 is 2.10 bits per heavy atom. The summed E-state index contributed by atoms with van der Waals surface area (Å²) in [5, 5.41) is 7.11. The Bertz CT molecular complexity index is 566. The van der Waals surface area contributed by atoms with E-state index in [0.29, 0.717) is 6.54 Å². The third kappa shape index (κ3) is 4.15. The number of hydrogen-bond acceptors (Lipinski definition) is 2. The summed E-state index contributed by atoms with van der Waals surface area (Å²) in [4.78, 5) is 12.3. The summed E-state index contributed by atoms with van der Waals surface area (Å²) in [6, 6.07) is 7.98. The van der Waals surface area contributed by atoms with Gasteiger partial charge in [-0.15, -0.1) is 0 Å². The van der Waals surface area contributed by atoms with E-state index in [0.717, 1.165) is 12.0 Å². The number of carbonyl (C=O) groups is 1. The fraction of sp³-hybridized carbons (Fsp3) is 0.375. The second-order valence-electron chi connectivity index (χ2n) is 5.15. The molecular weight excluding hydrogens is 269 g/mol. The van der Waals surface area contributed by atoms with Crippen LogP contribution in [0.3, 0.4) is 0 Å². The molecule has 0 aliphatic heterocycles. The minimum atomic E-state index is -0.271. The van der Waals surface area contributed by atoms with Crippen molar-refractivity contribution in [2.45, 2.75) is 32.9 Å². The lowest BCUT2D eigenvalue weighted by atomic mass is 10.0. The first-order valence-corrected chi connectivity index (χ1v) is 7.13. The molecule has 2 aromatic rings. The number of halogens is 1. The molecule has 1 N–H and O–H groups in total. The summed E-state index contributed by atoms with van der Waals surface area (Å²) < 4.78 is 14.7. The highest BCUT2D eigenvalue weighted by atomic mass is 19.1. The van der Waals surface area contributed by atoms with Crippen molar-refractivity contribution < 1.29 is 9.18 Å². The number of carbonyl (C=O) groups excluding carboxylic acids is 1. The van der Waals surface area contributed by atoms with Crippen LogP contribution in [0.5, 0.6) is 0 Å². The van der Waals surface area contributed by atoms with Gasteiger partial charge in [0.2, 0.25) is 5.91 Å². The Hall–Kier alpha value is -2.17. The van der Waals surface area contributed by atoms with E-state index in [1.807, 2.05) is 26.1 Å². The lowest BCUT2D eigenvalue weighted by Gasteiger charge is -2.20. The summed E-state index contributed by atoms with van der Waals surface area (Å²) in [6.07, 6.45) is 4.28. The van der Waals surface area contributed by atoms with Gasteiger partial charge in [-0.25, -0.2) is 4.39 Å². The van der Waals surface area contributed by atoms with Gasteiger partial charge in [0.25, 0.3) is 0 Å². The van der Waals surface area contributed by atoms with Crippen LogP contribution in [0.15, 0.2) is 42.7 Å². The van der Waals surface area contributed by atoms with Gasteiger partial charge in [-0.3, -0.25) is 9.48 Å². The Balaban J connectivity index is 1.97. The molecule has 5 heteroatoms. The lowest BCUT2D eigenvalue weighted by Crippen LogP contribution is -2.34. The maximum atomic E-state index is 13.0. The third-order valence-corrected chi connectivity index (χ3v) is 3.46. The minimum Gasteiger partial charge on any atom is -0.349 e. The van der Waals surface area contributed by atoms with E-state index in [-0.39, 0.29) is 23.7 Å². The normalized spacial score (nSPS) is 13.7. The average molecular weight is 289 g/mol. The quantitative estimate of drug-likeness (QED) is 0.888. The smallest absolute Gasteiger partial charge is 0.225 e.